The average Bonchev–Trinajstić information content (AvgIpc) is 2.74. The lowest BCUT2D eigenvalue weighted by Crippen LogP contribution is -2.40. The molecule has 0 bridgehead atoms. The fourth-order valence-electron chi connectivity index (χ4n) is 3.57. The first kappa shape index (κ1) is 22.7. The van der Waals surface area contributed by atoms with Crippen LogP contribution in [0.1, 0.15) is 36.8 Å². The molecule has 0 unspecified atom stereocenters. The lowest BCUT2D eigenvalue weighted by atomic mass is 9.92. The van der Waals surface area contributed by atoms with Crippen molar-refractivity contribution in [2.75, 3.05) is 14.2 Å². The first-order valence-corrected chi connectivity index (χ1v) is 9.98. The van der Waals surface area contributed by atoms with Crippen molar-refractivity contribution in [3.05, 3.63) is 47.7 Å². The van der Waals surface area contributed by atoms with Gasteiger partial charge in [0.15, 0.2) is 11.5 Å². The van der Waals surface area contributed by atoms with E-state index in [1.807, 2.05) is 6.07 Å². The van der Waals surface area contributed by atoms with Gasteiger partial charge in [-0.2, -0.15) is 13.2 Å². The summed E-state index contributed by atoms with van der Waals surface area (Å²) in [4.78, 5) is 16.2. The average molecular weight is 438 g/mol. The standard InChI is InChI=1S/C22H25F3N2O4/c1-29-18-9-3-14(11-19(18)30-2)12-20(28)27-16-5-7-17(8-6-16)31-21-10-4-15(13-26-21)22(23,24)25/h3-4,9-11,13,16-17H,5-8,12H2,1-2H3,(H,27,28). The smallest absolute Gasteiger partial charge is 0.417 e. The second-order valence-corrected chi connectivity index (χ2v) is 7.41. The number of nitrogens with zero attached hydrogens (tertiary/aromatic N) is 1. The van der Waals surface area contributed by atoms with Crippen LogP contribution in [0.5, 0.6) is 17.4 Å². The molecule has 1 heterocycles. The fraction of sp³-hybridized carbons (Fsp3) is 0.455. The van der Waals surface area contributed by atoms with Gasteiger partial charge >= 0.3 is 6.18 Å². The zero-order valence-electron chi connectivity index (χ0n) is 17.4. The number of alkyl halides is 3. The number of hydrogen-bond donors (Lipinski definition) is 1. The zero-order chi connectivity index (χ0) is 22.4. The Morgan fingerprint density at radius 3 is 2.35 bits per heavy atom. The number of rotatable bonds is 7. The van der Waals surface area contributed by atoms with Crippen molar-refractivity contribution < 1.29 is 32.2 Å². The number of carbonyl (C=O) groups is 1. The Bertz CT molecular complexity index is 879. The third kappa shape index (κ3) is 6.26. The SMILES string of the molecule is COc1ccc(CC(=O)NC2CCC(Oc3ccc(C(F)(F)F)cn3)CC2)cc1OC. The molecule has 168 valence electrons. The Balaban J connectivity index is 1.45. The molecule has 1 aromatic heterocycles. The van der Waals surface area contributed by atoms with E-state index in [-0.39, 0.29) is 30.4 Å². The number of amides is 1. The van der Waals surface area contributed by atoms with E-state index in [4.69, 9.17) is 14.2 Å². The molecule has 0 spiro atoms. The molecule has 1 amide bonds. The highest BCUT2D eigenvalue weighted by Crippen LogP contribution is 2.30. The number of hydrogen-bond acceptors (Lipinski definition) is 5. The number of nitrogens with one attached hydrogen (secondary N) is 1. The van der Waals surface area contributed by atoms with Crippen LogP contribution in [0.2, 0.25) is 0 Å². The lowest BCUT2D eigenvalue weighted by Gasteiger charge is -2.29. The van der Waals surface area contributed by atoms with E-state index in [0.717, 1.165) is 30.7 Å². The van der Waals surface area contributed by atoms with Crippen LogP contribution in [-0.2, 0) is 17.4 Å². The van der Waals surface area contributed by atoms with Crippen LogP contribution in [0, 0.1) is 0 Å². The van der Waals surface area contributed by atoms with Crippen molar-refractivity contribution in [3.8, 4) is 17.4 Å². The quantitative estimate of drug-likeness (QED) is 0.703. The Morgan fingerprint density at radius 1 is 1.06 bits per heavy atom. The number of pyridine rings is 1. The zero-order valence-corrected chi connectivity index (χ0v) is 17.4. The molecule has 1 aromatic carbocycles. The predicted octanol–water partition coefficient (Wildman–Crippen LogP) is 4.17. The molecule has 1 N–H and O–H groups in total. The minimum atomic E-state index is -4.42. The van der Waals surface area contributed by atoms with Crippen molar-refractivity contribution in [3.63, 3.8) is 0 Å². The van der Waals surface area contributed by atoms with Crippen molar-refractivity contribution in [2.45, 2.75) is 50.4 Å². The third-order valence-electron chi connectivity index (χ3n) is 5.20. The molecule has 31 heavy (non-hydrogen) atoms. The van der Waals surface area contributed by atoms with E-state index in [2.05, 4.69) is 10.3 Å². The van der Waals surface area contributed by atoms with Gasteiger partial charge in [-0.3, -0.25) is 4.79 Å². The molecule has 3 rings (SSSR count). The highest BCUT2D eigenvalue weighted by Gasteiger charge is 2.31. The van der Waals surface area contributed by atoms with E-state index in [0.29, 0.717) is 24.3 Å². The van der Waals surface area contributed by atoms with E-state index in [1.54, 1.807) is 26.4 Å². The maximum Gasteiger partial charge on any atom is 0.417 e. The van der Waals surface area contributed by atoms with Crippen molar-refractivity contribution in [1.82, 2.24) is 10.3 Å². The van der Waals surface area contributed by atoms with Crippen LogP contribution in [0.4, 0.5) is 13.2 Å². The van der Waals surface area contributed by atoms with Crippen LogP contribution < -0.4 is 19.5 Å². The van der Waals surface area contributed by atoms with Gasteiger partial charge in [0.25, 0.3) is 0 Å². The van der Waals surface area contributed by atoms with Gasteiger partial charge in [0.2, 0.25) is 11.8 Å². The summed E-state index contributed by atoms with van der Waals surface area (Å²) in [6.07, 6.45) is -0.733. The second-order valence-electron chi connectivity index (χ2n) is 7.41. The summed E-state index contributed by atoms with van der Waals surface area (Å²) in [6, 6.07) is 7.60. The van der Waals surface area contributed by atoms with Gasteiger partial charge in [-0.1, -0.05) is 6.07 Å². The summed E-state index contributed by atoms with van der Waals surface area (Å²) in [5, 5.41) is 3.03. The summed E-state index contributed by atoms with van der Waals surface area (Å²) < 4.78 is 54.0. The number of carbonyl (C=O) groups excluding carboxylic acids is 1. The summed E-state index contributed by atoms with van der Waals surface area (Å²) in [5.74, 6) is 1.27. The highest BCUT2D eigenvalue weighted by molar-refractivity contribution is 5.79. The summed E-state index contributed by atoms with van der Waals surface area (Å²) >= 11 is 0. The maximum atomic E-state index is 12.6. The first-order chi connectivity index (χ1) is 14.8. The Labute approximate surface area is 178 Å². The normalized spacial score (nSPS) is 18.9. The first-order valence-electron chi connectivity index (χ1n) is 9.98. The van der Waals surface area contributed by atoms with E-state index in [1.165, 1.54) is 6.07 Å². The molecule has 0 saturated heterocycles. The van der Waals surface area contributed by atoms with Crippen LogP contribution in [0.25, 0.3) is 0 Å². The Hall–Kier alpha value is -2.97. The molecule has 1 saturated carbocycles. The molecular weight excluding hydrogens is 413 g/mol. The van der Waals surface area contributed by atoms with Crippen molar-refractivity contribution in [2.24, 2.45) is 0 Å². The van der Waals surface area contributed by atoms with Crippen LogP contribution in [0.3, 0.4) is 0 Å². The molecule has 1 aliphatic carbocycles. The van der Waals surface area contributed by atoms with E-state index < -0.39 is 11.7 Å². The lowest BCUT2D eigenvalue weighted by molar-refractivity contribution is -0.137. The van der Waals surface area contributed by atoms with Gasteiger partial charge in [-0.25, -0.2) is 4.98 Å². The highest BCUT2D eigenvalue weighted by atomic mass is 19.4. The van der Waals surface area contributed by atoms with Gasteiger partial charge in [-0.05, 0) is 49.4 Å². The largest absolute Gasteiger partial charge is 0.493 e. The molecule has 1 fully saturated rings. The summed E-state index contributed by atoms with van der Waals surface area (Å²) in [5.41, 5.74) is 0.0151. The minimum Gasteiger partial charge on any atom is -0.493 e. The maximum absolute atomic E-state index is 12.6. The molecule has 1 aliphatic rings. The van der Waals surface area contributed by atoms with Gasteiger partial charge in [0.05, 0.1) is 26.2 Å². The number of methoxy groups -OCH3 is 2. The number of ether oxygens (including phenoxy) is 3. The Morgan fingerprint density at radius 2 is 1.77 bits per heavy atom. The van der Waals surface area contributed by atoms with Gasteiger partial charge in [-0.15, -0.1) is 0 Å². The van der Waals surface area contributed by atoms with E-state index >= 15 is 0 Å². The van der Waals surface area contributed by atoms with Crippen LogP contribution in [-0.4, -0.2) is 37.3 Å². The molecule has 6 nitrogen and oxygen atoms in total. The topological polar surface area (TPSA) is 69.7 Å². The van der Waals surface area contributed by atoms with Gasteiger partial charge in [0, 0.05) is 18.3 Å². The van der Waals surface area contributed by atoms with Crippen molar-refractivity contribution >= 4 is 5.91 Å². The summed E-state index contributed by atoms with van der Waals surface area (Å²) in [6.45, 7) is 0. The number of aromatic nitrogens is 1. The van der Waals surface area contributed by atoms with Gasteiger partial charge in [0.1, 0.15) is 6.10 Å². The fourth-order valence-corrected chi connectivity index (χ4v) is 3.57. The van der Waals surface area contributed by atoms with Crippen LogP contribution >= 0.6 is 0 Å². The number of halogens is 3. The monoisotopic (exact) mass is 438 g/mol. The Kier molecular flexibility index (Phi) is 7.25. The molecule has 2 aromatic rings. The molecule has 9 heteroatoms. The molecular formula is C22H25F3N2O4. The molecule has 0 aliphatic heterocycles. The van der Waals surface area contributed by atoms with Gasteiger partial charge < -0.3 is 19.5 Å². The summed E-state index contributed by atoms with van der Waals surface area (Å²) in [7, 11) is 3.10. The molecule has 0 atom stereocenters. The van der Waals surface area contributed by atoms with Crippen molar-refractivity contribution in [1.29, 1.82) is 0 Å². The second kappa shape index (κ2) is 9.89. The minimum absolute atomic E-state index is 0.0352. The number of benzene rings is 1. The van der Waals surface area contributed by atoms with Crippen LogP contribution in [0.15, 0.2) is 36.5 Å². The predicted molar refractivity (Wildman–Crippen MR) is 107 cm³/mol. The molecule has 0 radical (unpaired) electrons. The third-order valence-corrected chi connectivity index (χ3v) is 5.20. The van der Waals surface area contributed by atoms with E-state index in [9.17, 15) is 18.0 Å².